The van der Waals surface area contributed by atoms with Gasteiger partial charge in [-0.25, -0.2) is 0 Å². The van der Waals surface area contributed by atoms with Gasteiger partial charge in [0.15, 0.2) is 0 Å². The third kappa shape index (κ3) is 3.86. The van der Waals surface area contributed by atoms with Gasteiger partial charge in [-0.2, -0.15) is 11.8 Å². The predicted molar refractivity (Wildman–Crippen MR) is 72.2 cm³/mol. The van der Waals surface area contributed by atoms with E-state index >= 15 is 0 Å². The molecule has 0 bridgehead atoms. The van der Waals surface area contributed by atoms with Gasteiger partial charge in [-0.1, -0.05) is 0 Å². The Hall–Kier alpha value is 0.130. The normalized spacial score (nSPS) is 31.0. The first-order chi connectivity index (χ1) is 7.86. The van der Waals surface area contributed by atoms with Crippen molar-refractivity contribution >= 4 is 29.4 Å². The summed E-state index contributed by atoms with van der Waals surface area (Å²) in [4.78, 5) is 11.9. The first-order valence-electron chi connectivity index (χ1n) is 6.04. The summed E-state index contributed by atoms with van der Waals surface area (Å²) in [6.45, 7) is 3.06. The first kappa shape index (κ1) is 12.6. The number of nitrogens with one attached hydrogen (secondary N) is 2. The lowest BCUT2D eigenvalue weighted by Crippen LogP contribution is -2.42. The molecule has 0 aromatic rings. The van der Waals surface area contributed by atoms with Crippen LogP contribution in [0.3, 0.4) is 0 Å². The number of thioether (sulfide) groups is 2. The lowest BCUT2D eigenvalue weighted by atomic mass is 10.00. The lowest BCUT2D eigenvalue weighted by molar-refractivity contribution is -0.120. The number of carbonyl (C=O) groups is 1. The van der Waals surface area contributed by atoms with E-state index in [1.807, 2.05) is 23.5 Å². The molecule has 0 spiro atoms. The molecule has 1 amide bonds. The zero-order chi connectivity index (χ0) is 11.2. The minimum absolute atomic E-state index is 0.190. The average molecular weight is 260 g/mol. The van der Waals surface area contributed by atoms with Crippen LogP contribution in [0.2, 0.25) is 0 Å². The van der Waals surface area contributed by atoms with Crippen molar-refractivity contribution in [1.29, 1.82) is 0 Å². The van der Waals surface area contributed by atoms with E-state index in [1.165, 1.54) is 18.6 Å². The molecular weight excluding hydrogens is 240 g/mol. The molecule has 2 unspecified atom stereocenters. The molecule has 2 aliphatic heterocycles. The van der Waals surface area contributed by atoms with E-state index in [4.69, 9.17) is 0 Å². The summed E-state index contributed by atoms with van der Waals surface area (Å²) < 4.78 is 0. The van der Waals surface area contributed by atoms with Gasteiger partial charge >= 0.3 is 0 Å². The molecule has 16 heavy (non-hydrogen) atoms. The molecule has 2 aliphatic rings. The Morgan fingerprint density at radius 2 is 2.38 bits per heavy atom. The Bertz CT molecular complexity index is 226. The topological polar surface area (TPSA) is 41.1 Å². The molecule has 0 saturated carbocycles. The van der Waals surface area contributed by atoms with Crippen LogP contribution in [0.1, 0.15) is 12.8 Å². The second kappa shape index (κ2) is 6.77. The van der Waals surface area contributed by atoms with E-state index in [0.29, 0.717) is 5.92 Å². The largest absolute Gasteiger partial charge is 0.355 e. The summed E-state index contributed by atoms with van der Waals surface area (Å²) in [7, 11) is 0. The van der Waals surface area contributed by atoms with Crippen LogP contribution in [0.25, 0.3) is 0 Å². The van der Waals surface area contributed by atoms with Crippen molar-refractivity contribution in [3.63, 3.8) is 0 Å². The van der Waals surface area contributed by atoms with Crippen molar-refractivity contribution in [2.75, 3.05) is 36.9 Å². The Morgan fingerprint density at radius 1 is 1.44 bits per heavy atom. The maximum Gasteiger partial charge on any atom is 0.233 e. The van der Waals surface area contributed by atoms with Gasteiger partial charge in [0.05, 0.1) is 5.25 Å². The SMILES string of the molecule is O=C(NCC1CCCNC1)C1CSCCS1. The van der Waals surface area contributed by atoms with Gasteiger partial charge in [0.25, 0.3) is 0 Å². The Balaban J connectivity index is 1.65. The number of carbonyl (C=O) groups excluding carboxylic acids is 1. The fourth-order valence-electron chi connectivity index (χ4n) is 2.10. The van der Waals surface area contributed by atoms with Crippen molar-refractivity contribution in [1.82, 2.24) is 10.6 Å². The third-order valence-corrected chi connectivity index (χ3v) is 5.83. The highest BCUT2D eigenvalue weighted by Gasteiger charge is 2.23. The summed E-state index contributed by atoms with van der Waals surface area (Å²) in [6.07, 6.45) is 2.49. The van der Waals surface area contributed by atoms with Crippen LogP contribution in [0.15, 0.2) is 0 Å². The van der Waals surface area contributed by atoms with Crippen molar-refractivity contribution < 1.29 is 4.79 Å². The fourth-order valence-corrected chi connectivity index (χ4v) is 4.68. The maximum absolute atomic E-state index is 11.9. The van der Waals surface area contributed by atoms with Gasteiger partial charge in [-0.15, -0.1) is 11.8 Å². The van der Waals surface area contributed by atoms with Crippen molar-refractivity contribution in [3.8, 4) is 0 Å². The Labute approximate surface area is 106 Å². The van der Waals surface area contributed by atoms with Gasteiger partial charge in [0, 0.05) is 23.8 Å². The molecule has 2 atom stereocenters. The van der Waals surface area contributed by atoms with Crippen LogP contribution in [0, 0.1) is 5.92 Å². The van der Waals surface area contributed by atoms with E-state index in [0.717, 1.165) is 31.1 Å². The van der Waals surface area contributed by atoms with Crippen LogP contribution in [-0.2, 0) is 4.79 Å². The summed E-state index contributed by atoms with van der Waals surface area (Å²) in [5.74, 6) is 4.19. The fraction of sp³-hybridized carbons (Fsp3) is 0.909. The number of piperidine rings is 1. The smallest absolute Gasteiger partial charge is 0.233 e. The molecule has 0 radical (unpaired) electrons. The maximum atomic E-state index is 11.9. The molecule has 0 aromatic carbocycles. The molecule has 2 heterocycles. The summed E-state index contributed by atoms with van der Waals surface area (Å²) in [6, 6.07) is 0. The molecule has 2 N–H and O–H groups in total. The standard InChI is InChI=1S/C11H20N2OS2/c14-11(10-8-15-4-5-16-10)13-7-9-2-1-3-12-6-9/h9-10,12H,1-8H2,(H,13,14). The predicted octanol–water partition coefficient (Wildman–Crippen LogP) is 0.951. The molecule has 2 rings (SSSR count). The minimum Gasteiger partial charge on any atom is -0.355 e. The Kier molecular flexibility index (Phi) is 5.32. The second-order valence-electron chi connectivity index (χ2n) is 4.39. The van der Waals surface area contributed by atoms with E-state index in [1.54, 1.807) is 0 Å². The van der Waals surface area contributed by atoms with Crippen LogP contribution in [0.5, 0.6) is 0 Å². The highest BCUT2D eigenvalue weighted by atomic mass is 32.2. The molecule has 0 aromatic heterocycles. The summed E-state index contributed by atoms with van der Waals surface area (Å²) in [5, 5.41) is 6.68. The minimum atomic E-state index is 0.190. The van der Waals surface area contributed by atoms with Crippen LogP contribution in [-0.4, -0.2) is 48.0 Å². The van der Waals surface area contributed by atoms with Crippen molar-refractivity contribution in [3.05, 3.63) is 0 Å². The molecule has 0 aliphatic carbocycles. The van der Waals surface area contributed by atoms with Crippen LogP contribution >= 0.6 is 23.5 Å². The number of rotatable bonds is 3. The monoisotopic (exact) mass is 260 g/mol. The molecule has 2 fully saturated rings. The van der Waals surface area contributed by atoms with Gasteiger partial charge in [-0.05, 0) is 31.8 Å². The molecule has 5 heteroatoms. The molecule has 2 saturated heterocycles. The van der Waals surface area contributed by atoms with E-state index in [-0.39, 0.29) is 11.2 Å². The molecule has 3 nitrogen and oxygen atoms in total. The zero-order valence-electron chi connectivity index (χ0n) is 9.54. The molecular formula is C11H20N2OS2. The zero-order valence-corrected chi connectivity index (χ0v) is 11.2. The van der Waals surface area contributed by atoms with Crippen molar-refractivity contribution in [2.24, 2.45) is 5.92 Å². The molecule has 92 valence electrons. The van der Waals surface area contributed by atoms with Crippen molar-refractivity contribution in [2.45, 2.75) is 18.1 Å². The van der Waals surface area contributed by atoms with E-state index in [2.05, 4.69) is 10.6 Å². The first-order valence-corrected chi connectivity index (χ1v) is 8.24. The van der Waals surface area contributed by atoms with Gasteiger partial charge in [0.2, 0.25) is 5.91 Å². The highest BCUT2D eigenvalue weighted by Crippen LogP contribution is 2.24. The quantitative estimate of drug-likeness (QED) is 0.793. The van der Waals surface area contributed by atoms with Gasteiger partial charge < -0.3 is 10.6 Å². The van der Waals surface area contributed by atoms with E-state index in [9.17, 15) is 4.79 Å². The summed E-state index contributed by atoms with van der Waals surface area (Å²) >= 11 is 3.71. The van der Waals surface area contributed by atoms with Gasteiger partial charge in [-0.3, -0.25) is 4.79 Å². The lowest BCUT2D eigenvalue weighted by Gasteiger charge is -2.25. The summed E-state index contributed by atoms with van der Waals surface area (Å²) in [5.41, 5.74) is 0. The van der Waals surface area contributed by atoms with E-state index < -0.39 is 0 Å². The third-order valence-electron chi connectivity index (χ3n) is 3.07. The van der Waals surface area contributed by atoms with Crippen LogP contribution in [0.4, 0.5) is 0 Å². The number of amides is 1. The van der Waals surface area contributed by atoms with Crippen LogP contribution < -0.4 is 10.6 Å². The van der Waals surface area contributed by atoms with Gasteiger partial charge in [0.1, 0.15) is 0 Å². The number of hydrogen-bond acceptors (Lipinski definition) is 4. The average Bonchev–Trinajstić information content (AvgIpc) is 2.38. The Morgan fingerprint density at radius 3 is 3.06 bits per heavy atom. The highest BCUT2D eigenvalue weighted by molar-refractivity contribution is 8.07. The number of hydrogen-bond donors (Lipinski definition) is 2. The second-order valence-corrected chi connectivity index (χ2v) is 6.85.